The maximum Gasteiger partial charge on any atom is 0.410 e. The second-order valence-corrected chi connectivity index (χ2v) is 11.1. The largest absolute Gasteiger partial charge is 0.444 e. The van der Waals surface area contributed by atoms with Gasteiger partial charge in [-0.3, -0.25) is 0 Å². The molecule has 0 aliphatic carbocycles. The van der Waals surface area contributed by atoms with Gasteiger partial charge < -0.3 is 38.2 Å². The molecule has 0 radical (unpaired) electrons. The van der Waals surface area contributed by atoms with Gasteiger partial charge in [-0.05, 0) is 52.7 Å². The Kier molecular flexibility index (Phi) is 13.3. The highest BCUT2D eigenvalue weighted by atomic mass is 16.6. The summed E-state index contributed by atoms with van der Waals surface area (Å²) in [6.45, 7) is 15.8. The zero-order valence-corrected chi connectivity index (χ0v) is 24.0. The first-order valence-electron chi connectivity index (χ1n) is 13.3. The Bertz CT molecular complexity index is 785. The van der Waals surface area contributed by atoms with E-state index in [1.807, 2.05) is 65.8 Å². The summed E-state index contributed by atoms with van der Waals surface area (Å²) in [5.74, 6) is 0. The van der Waals surface area contributed by atoms with Crippen molar-refractivity contribution < 1.29 is 38.0 Å². The van der Waals surface area contributed by atoms with Crippen LogP contribution >= 0.6 is 0 Å². The molecular weight excluding hydrogens is 492 g/mol. The predicted octanol–water partition coefficient (Wildman–Crippen LogP) is 4.24. The van der Waals surface area contributed by atoms with Crippen LogP contribution in [0, 0.1) is 0 Å². The van der Waals surface area contributed by atoms with Gasteiger partial charge in [0.1, 0.15) is 11.2 Å². The molecule has 2 amide bonds. The smallest absolute Gasteiger partial charge is 0.410 e. The highest BCUT2D eigenvalue weighted by molar-refractivity contribution is 5.68. The van der Waals surface area contributed by atoms with Crippen LogP contribution in [0.5, 0.6) is 0 Å². The number of benzene rings is 1. The van der Waals surface area contributed by atoms with Gasteiger partial charge in [0.25, 0.3) is 0 Å². The molecule has 1 aromatic carbocycles. The number of rotatable bonds is 0. The Morgan fingerprint density at radius 3 is 1.32 bits per heavy atom. The van der Waals surface area contributed by atoms with Crippen molar-refractivity contribution in [2.45, 2.75) is 65.8 Å². The molecule has 10 heteroatoms. The predicted molar refractivity (Wildman–Crippen MR) is 143 cm³/mol. The highest BCUT2D eigenvalue weighted by Gasteiger charge is 2.24. The molecular formula is C28H46N2O8. The van der Waals surface area contributed by atoms with Crippen LogP contribution in [0.2, 0.25) is 0 Å². The molecule has 0 saturated carbocycles. The average molecular weight is 539 g/mol. The second kappa shape index (κ2) is 15.9. The Morgan fingerprint density at radius 2 is 0.974 bits per heavy atom. The molecule has 1 heterocycles. The minimum absolute atomic E-state index is 0.343. The van der Waals surface area contributed by atoms with Crippen molar-refractivity contribution in [1.82, 2.24) is 9.80 Å². The maximum absolute atomic E-state index is 12.9. The Balaban J connectivity index is 2.20. The summed E-state index contributed by atoms with van der Waals surface area (Å²) in [6, 6.07) is 7.81. The van der Waals surface area contributed by atoms with Gasteiger partial charge in [-0.15, -0.1) is 0 Å². The van der Waals surface area contributed by atoms with E-state index in [4.69, 9.17) is 28.4 Å². The number of hydrogen-bond acceptors (Lipinski definition) is 8. The van der Waals surface area contributed by atoms with E-state index in [-0.39, 0.29) is 0 Å². The fourth-order valence-electron chi connectivity index (χ4n) is 3.50. The van der Waals surface area contributed by atoms with Crippen molar-refractivity contribution in [2.24, 2.45) is 0 Å². The van der Waals surface area contributed by atoms with Gasteiger partial charge in [0, 0.05) is 26.2 Å². The molecule has 0 atom stereocenters. The van der Waals surface area contributed by atoms with E-state index >= 15 is 0 Å². The van der Waals surface area contributed by atoms with Crippen molar-refractivity contribution in [1.29, 1.82) is 0 Å². The van der Waals surface area contributed by atoms with Gasteiger partial charge in [-0.25, -0.2) is 9.59 Å². The number of hydrogen-bond donors (Lipinski definition) is 0. The number of nitrogens with zero attached hydrogens (tertiary/aromatic N) is 2. The summed E-state index contributed by atoms with van der Waals surface area (Å²) in [5.41, 5.74) is 0.599. The fraction of sp³-hybridized carbons (Fsp3) is 0.714. The molecule has 0 fully saturated rings. The second-order valence-electron chi connectivity index (χ2n) is 11.1. The highest BCUT2D eigenvalue weighted by Crippen LogP contribution is 2.17. The number of fused-ring (bicyclic) bond motifs is 2. The third-order valence-electron chi connectivity index (χ3n) is 5.17. The molecule has 0 unspecified atom stereocenters. The van der Waals surface area contributed by atoms with Crippen LogP contribution in [0.15, 0.2) is 24.3 Å². The summed E-state index contributed by atoms with van der Waals surface area (Å²) in [7, 11) is 0. The Morgan fingerprint density at radius 1 is 0.632 bits per heavy atom. The third kappa shape index (κ3) is 13.9. The summed E-state index contributed by atoms with van der Waals surface area (Å²) >= 11 is 0. The van der Waals surface area contributed by atoms with Crippen LogP contribution in [0.4, 0.5) is 9.59 Å². The average Bonchev–Trinajstić information content (AvgIpc) is 2.80. The number of amides is 2. The van der Waals surface area contributed by atoms with Gasteiger partial charge in [0.2, 0.25) is 0 Å². The molecule has 1 aliphatic rings. The van der Waals surface area contributed by atoms with Crippen molar-refractivity contribution in [3.05, 3.63) is 35.4 Å². The van der Waals surface area contributed by atoms with Gasteiger partial charge in [-0.1, -0.05) is 24.3 Å². The number of carbonyl (C=O) groups is 2. The normalized spacial score (nSPS) is 18.3. The van der Waals surface area contributed by atoms with Crippen molar-refractivity contribution in [2.75, 3.05) is 65.9 Å². The standard InChI is InChI=1S/C28H46N2O8/c1-27(2,3)37-25(31)29-10-12-33-14-16-35-18-19-36-17-15-34-13-11-30(26(32)38-28(4,5)6)22-24-9-7-8-23(20-24)21-29/h7-9,20H,10-19,21-22H2,1-6H3. The van der Waals surface area contributed by atoms with E-state index in [1.165, 1.54) is 0 Å². The van der Waals surface area contributed by atoms with Gasteiger partial charge in [0.05, 0.1) is 52.9 Å². The lowest BCUT2D eigenvalue weighted by Crippen LogP contribution is -2.39. The van der Waals surface area contributed by atoms with Gasteiger partial charge >= 0.3 is 12.2 Å². The lowest BCUT2D eigenvalue weighted by molar-refractivity contribution is -0.0113. The summed E-state index contributed by atoms with van der Waals surface area (Å²) in [5, 5.41) is 0. The molecule has 216 valence electrons. The van der Waals surface area contributed by atoms with E-state index in [1.54, 1.807) is 9.80 Å². The molecule has 0 aromatic heterocycles. The topological polar surface area (TPSA) is 96.0 Å². The first kappa shape index (κ1) is 31.8. The fourth-order valence-corrected chi connectivity index (χ4v) is 3.50. The van der Waals surface area contributed by atoms with Crippen LogP contribution < -0.4 is 0 Å². The molecule has 38 heavy (non-hydrogen) atoms. The van der Waals surface area contributed by atoms with Crippen molar-refractivity contribution in [3.63, 3.8) is 0 Å². The monoisotopic (exact) mass is 538 g/mol. The Hall–Kier alpha value is -2.40. The van der Waals surface area contributed by atoms with Crippen LogP contribution in [-0.4, -0.2) is 99.1 Å². The van der Waals surface area contributed by atoms with Crippen LogP contribution in [0.3, 0.4) is 0 Å². The van der Waals surface area contributed by atoms with Gasteiger partial charge in [0.15, 0.2) is 0 Å². The van der Waals surface area contributed by atoms with Crippen LogP contribution in [0.1, 0.15) is 52.7 Å². The van der Waals surface area contributed by atoms with E-state index < -0.39 is 23.4 Å². The third-order valence-corrected chi connectivity index (χ3v) is 5.17. The Labute approximate surface area is 227 Å². The zero-order chi connectivity index (χ0) is 28.0. The van der Waals surface area contributed by atoms with E-state index in [0.29, 0.717) is 79.0 Å². The van der Waals surface area contributed by atoms with Crippen molar-refractivity contribution in [3.8, 4) is 0 Å². The lowest BCUT2D eigenvalue weighted by Gasteiger charge is -2.28. The zero-order valence-electron chi connectivity index (χ0n) is 24.0. The molecule has 1 aromatic rings. The van der Waals surface area contributed by atoms with E-state index in [2.05, 4.69) is 0 Å². The molecule has 2 bridgehead atoms. The van der Waals surface area contributed by atoms with Crippen molar-refractivity contribution >= 4 is 12.2 Å². The minimum atomic E-state index is -0.617. The molecule has 10 nitrogen and oxygen atoms in total. The first-order chi connectivity index (χ1) is 17.9. The quantitative estimate of drug-likeness (QED) is 0.484. The van der Waals surface area contributed by atoms with E-state index in [9.17, 15) is 9.59 Å². The SMILES string of the molecule is CC(C)(C)OC(=O)N1CCOCCOCCOCCOCCN(C(=O)OC(C)(C)C)Cc2cccc(c2)C1. The molecule has 0 N–H and O–H groups in total. The molecule has 1 aliphatic heterocycles. The maximum atomic E-state index is 12.9. The summed E-state index contributed by atoms with van der Waals surface area (Å²) < 4.78 is 33.7. The van der Waals surface area contributed by atoms with E-state index in [0.717, 1.165) is 11.1 Å². The summed E-state index contributed by atoms with van der Waals surface area (Å²) in [4.78, 5) is 29.1. The van der Waals surface area contributed by atoms with Crippen LogP contribution in [-0.2, 0) is 41.5 Å². The molecule has 0 spiro atoms. The number of carbonyl (C=O) groups excluding carboxylic acids is 2. The number of ether oxygens (including phenoxy) is 6. The van der Waals surface area contributed by atoms with Gasteiger partial charge in [-0.2, -0.15) is 0 Å². The van der Waals surface area contributed by atoms with Crippen LogP contribution in [0.25, 0.3) is 0 Å². The lowest BCUT2D eigenvalue weighted by atomic mass is 10.1. The molecule has 0 saturated heterocycles. The minimum Gasteiger partial charge on any atom is -0.444 e. The molecule has 2 rings (SSSR count). The first-order valence-corrected chi connectivity index (χ1v) is 13.3. The summed E-state index contributed by atoms with van der Waals surface area (Å²) in [6.07, 6.45) is -0.823.